The van der Waals surface area contributed by atoms with E-state index in [0.29, 0.717) is 13.2 Å². The molecular weight excluding hydrogens is 232 g/mol. The summed E-state index contributed by atoms with van der Waals surface area (Å²) in [5.74, 6) is 0. The van der Waals surface area contributed by atoms with E-state index >= 15 is 0 Å². The molecule has 14 heavy (non-hydrogen) atoms. The van der Waals surface area contributed by atoms with Gasteiger partial charge >= 0.3 is 22.7 Å². The Morgan fingerprint density at radius 2 is 1.14 bits per heavy atom. The lowest BCUT2D eigenvalue weighted by molar-refractivity contribution is 0.192. The molecule has 6 nitrogen and oxygen atoms in total. The van der Waals surface area contributed by atoms with E-state index in [4.69, 9.17) is 0 Å². The minimum absolute atomic E-state index is 0.0332. The predicted octanol–water partition coefficient (Wildman–Crippen LogP) is 0.250. The van der Waals surface area contributed by atoms with Gasteiger partial charge in [0, 0.05) is 0 Å². The molecule has 0 fully saturated rings. The van der Waals surface area contributed by atoms with Gasteiger partial charge in [-0.1, -0.05) is 0 Å². The Kier molecular flexibility index (Phi) is 9.78. The van der Waals surface area contributed by atoms with Gasteiger partial charge in [-0.25, -0.2) is 0 Å². The summed E-state index contributed by atoms with van der Waals surface area (Å²) in [6.07, 6.45) is 0. The molecule has 8 heteroatoms. The van der Waals surface area contributed by atoms with Gasteiger partial charge in [-0.05, 0) is 13.8 Å². The lowest BCUT2D eigenvalue weighted by Gasteiger charge is -2.02. The third-order valence-electron chi connectivity index (χ3n) is 0.871. The maximum absolute atomic E-state index is 10.7. The fourth-order valence-electron chi connectivity index (χ4n) is 0.465. The van der Waals surface area contributed by atoms with Gasteiger partial charge in [-0.3, -0.25) is 16.7 Å². The van der Waals surface area contributed by atoms with Crippen LogP contribution in [0.4, 0.5) is 0 Å². The molecule has 0 aromatic carbocycles. The highest BCUT2D eigenvalue weighted by Crippen LogP contribution is 1.92. The maximum Gasteiger partial charge on any atom is 0.304 e. The van der Waals surface area contributed by atoms with Crippen LogP contribution in [0.2, 0.25) is 0 Å². The monoisotopic (exact) mass is 246 g/mol. The van der Waals surface area contributed by atoms with Gasteiger partial charge in [0.25, 0.3) is 0 Å². The summed E-state index contributed by atoms with van der Waals surface area (Å²) >= 11 is -3.52. The van der Waals surface area contributed by atoms with Gasteiger partial charge in [-0.2, -0.15) is 8.42 Å². The first kappa shape index (κ1) is 14.1. The van der Waals surface area contributed by atoms with Crippen molar-refractivity contribution in [1.82, 2.24) is 0 Å². The van der Waals surface area contributed by atoms with E-state index < -0.39 is 22.7 Å². The van der Waals surface area contributed by atoms with Gasteiger partial charge in [0.15, 0.2) is 0 Å². The Bertz CT molecular complexity index is 165. The Balaban J connectivity index is 3.28. The normalized spacial score (nSPS) is 15.3. The van der Waals surface area contributed by atoms with Crippen molar-refractivity contribution in [2.45, 2.75) is 13.8 Å². The van der Waals surface area contributed by atoms with Crippen molar-refractivity contribution in [2.75, 3.05) is 26.4 Å². The van der Waals surface area contributed by atoms with Crippen molar-refractivity contribution in [1.29, 1.82) is 0 Å². The summed E-state index contributed by atoms with van der Waals surface area (Å²) < 4.78 is 39.9. The first-order valence-corrected chi connectivity index (χ1v) is 6.07. The molecule has 0 aliphatic rings. The molecule has 86 valence electrons. The topological polar surface area (TPSA) is 71.1 Å². The second-order valence-electron chi connectivity index (χ2n) is 1.87. The highest BCUT2D eigenvalue weighted by atomic mass is 32.2. The van der Waals surface area contributed by atoms with Crippen LogP contribution in [0.5, 0.6) is 0 Å². The van der Waals surface area contributed by atoms with Gasteiger partial charge in [0.2, 0.25) is 0 Å². The van der Waals surface area contributed by atoms with Crippen molar-refractivity contribution < 1.29 is 25.2 Å². The minimum Gasteiger partial charge on any atom is -0.269 e. The number of rotatable bonds is 9. The van der Waals surface area contributed by atoms with Crippen LogP contribution in [0.15, 0.2) is 0 Å². The van der Waals surface area contributed by atoms with E-state index in [-0.39, 0.29) is 13.2 Å². The molecule has 2 atom stereocenters. The molecule has 0 saturated heterocycles. The van der Waals surface area contributed by atoms with Crippen LogP contribution in [-0.2, 0) is 39.5 Å². The van der Waals surface area contributed by atoms with E-state index in [1.54, 1.807) is 13.8 Å². The average Bonchev–Trinajstić information content (AvgIpc) is 2.13. The largest absolute Gasteiger partial charge is 0.304 e. The molecule has 0 rings (SSSR count). The third kappa shape index (κ3) is 8.73. The summed E-state index contributed by atoms with van der Waals surface area (Å²) in [4.78, 5) is 0. The van der Waals surface area contributed by atoms with Crippen LogP contribution in [-0.4, -0.2) is 34.8 Å². The fraction of sp³-hybridized carbons (Fsp3) is 1.00. The standard InChI is InChI=1S/C6H14O6S2/c1-3-9-13(7)11-5-6-12-14(8)10-4-2/h3-6H2,1-2H3. The second-order valence-corrected chi connectivity index (χ2v) is 3.62. The first-order chi connectivity index (χ1) is 6.70. The van der Waals surface area contributed by atoms with Crippen molar-refractivity contribution in [3.8, 4) is 0 Å². The molecule has 0 amide bonds. The maximum atomic E-state index is 10.7. The van der Waals surface area contributed by atoms with E-state index in [1.807, 2.05) is 0 Å². The van der Waals surface area contributed by atoms with Crippen molar-refractivity contribution in [3.63, 3.8) is 0 Å². The first-order valence-electron chi connectivity index (χ1n) is 4.07. The molecule has 0 aliphatic heterocycles. The van der Waals surface area contributed by atoms with E-state index in [9.17, 15) is 8.42 Å². The highest BCUT2D eigenvalue weighted by molar-refractivity contribution is 7.75. The van der Waals surface area contributed by atoms with Crippen LogP contribution in [0.25, 0.3) is 0 Å². The minimum atomic E-state index is -1.76. The van der Waals surface area contributed by atoms with Crippen LogP contribution in [0.3, 0.4) is 0 Å². The zero-order chi connectivity index (χ0) is 10.8. The molecule has 0 heterocycles. The molecule has 0 saturated carbocycles. The van der Waals surface area contributed by atoms with Crippen LogP contribution in [0, 0.1) is 0 Å². The van der Waals surface area contributed by atoms with Crippen molar-refractivity contribution >= 4 is 22.7 Å². The van der Waals surface area contributed by atoms with Gasteiger partial charge in [-0.15, -0.1) is 0 Å². The van der Waals surface area contributed by atoms with Crippen molar-refractivity contribution in [2.24, 2.45) is 0 Å². The molecule has 0 aromatic rings. The van der Waals surface area contributed by atoms with E-state index in [2.05, 4.69) is 16.7 Å². The van der Waals surface area contributed by atoms with Gasteiger partial charge in [0.1, 0.15) is 0 Å². The molecule has 2 unspecified atom stereocenters. The Morgan fingerprint density at radius 3 is 1.43 bits per heavy atom. The van der Waals surface area contributed by atoms with Crippen LogP contribution in [0.1, 0.15) is 13.8 Å². The zero-order valence-electron chi connectivity index (χ0n) is 8.09. The molecule has 0 N–H and O–H groups in total. The van der Waals surface area contributed by atoms with E-state index in [1.165, 1.54) is 0 Å². The lowest BCUT2D eigenvalue weighted by atomic mass is 10.8. The van der Waals surface area contributed by atoms with E-state index in [0.717, 1.165) is 0 Å². The Morgan fingerprint density at radius 1 is 0.786 bits per heavy atom. The molecule has 0 aromatic heterocycles. The number of hydrogen-bond acceptors (Lipinski definition) is 6. The Labute approximate surface area is 88.6 Å². The summed E-state index contributed by atoms with van der Waals surface area (Å²) in [7, 11) is 0. The molecule has 0 bridgehead atoms. The quantitative estimate of drug-likeness (QED) is 0.543. The summed E-state index contributed by atoms with van der Waals surface area (Å²) in [5.41, 5.74) is 0. The molecule has 0 spiro atoms. The smallest absolute Gasteiger partial charge is 0.269 e. The fourth-order valence-corrected chi connectivity index (χ4v) is 1.39. The molecular formula is C6H14O6S2. The predicted molar refractivity (Wildman–Crippen MR) is 51.4 cm³/mol. The summed E-state index contributed by atoms with van der Waals surface area (Å²) in [6.45, 7) is 4.07. The summed E-state index contributed by atoms with van der Waals surface area (Å²) in [6, 6.07) is 0. The van der Waals surface area contributed by atoms with Crippen LogP contribution >= 0.6 is 0 Å². The second kappa shape index (κ2) is 9.69. The van der Waals surface area contributed by atoms with Crippen LogP contribution < -0.4 is 0 Å². The number of hydrogen-bond donors (Lipinski definition) is 0. The lowest BCUT2D eigenvalue weighted by Crippen LogP contribution is -2.10. The third-order valence-corrected chi connectivity index (χ3v) is 2.45. The zero-order valence-corrected chi connectivity index (χ0v) is 9.73. The highest BCUT2D eigenvalue weighted by Gasteiger charge is 2.02. The Hall–Kier alpha value is 0.140. The van der Waals surface area contributed by atoms with Crippen molar-refractivity contribution in [3.05, 3.63) is 0 Å². The molecule has 0 radical (unpaired) electrons. The van der Waals surface area contributed by atoms with Gasteiger partial charge in [0.05, 0.1) is 26.4 Å². The van der Waals surface area contributed by atoms with Gasteiger partial charge < -0.3 is 0 Å². The average molecular weight is 246 g/mol. The molecule has 0 aliphatic carbocycles. The summed E-state index contributed by atoms with van der Waals surface area (Å²) in [5, 5.41) is 0. The SMILES string of the molecule is CCOS(=O)OCCOS(=O)OCC.